The maximum atomic E-state index is 12.4. The van der Waals surface area contributed by atoms with Crippen molar-refractivity contribution in [3.8, 4) is 6.07 Å². The van der Waals surface area contributed by atoms with Crippen molar-refractivity contribution in [1.29, 1.82) is 5.26 Å². The van der Waals surface area contributed by atoms with Crippen LogP contribution in [0.4, 0.5) is 13.2 Å². The molecule has 1 N–H and O–H groups in total. The van der Waals surface area contributed by atoms with Crippen molar-refractivity contribution in [3.63, 3.8) is 0 Å². The Morgan fingerprint density at radius 3 is 2.35 bits per heavy atom. The molecule has 6 heteroatoms. The Kier molecular flexibility index (Phi) is 4.82. The molecule has 0 saturated carbocycles. The maximum absolute atomic E-state index is 12.4. The summed E-state index contributed by atoms with van der Waals surface area (Å²) >= 11 is 0. The minimum atomic E-state index is -4.25. The highest BCUT2D eigenvalue weighted by Crippen LogP contribution is 2.28. The van der Waals surface area contributed by atoms with E-state index >= 15 is 0 Å². The van der Waals surface area contributed by atoms with Crippen molar-refractivity contribution >= 4 is 0 Å². The van der Waals surface area contributed by atoms with Crippen LogP contribution >= 0.6 is 0 Å². The second-order valence-corrected chi connectivity index (χ2v) is 3.95. The van der Waals surface area contributed by atoms with Gasteiger partial charge in [0.2, 0.25) is 0 Å². The predicted molar refractivity (Wildman–Crippen MR) is 58.0 cm³/mol. The lowest BCUT2D eigenvalue weighted by Crippen LogP contribution is -2.43. The number of piperazine rings is 1. The van der Waals surface area contributed by atoms with Crippen molar-refractivity contribution < 1.29 is 13.2 Å². The van der Waals surface area contributed by atoms with Crippen molar-refractivity contribution in [2.75, 3.05) is 26.2 Å². The van der Waals surface area contributed by atoms with Crippen LogP contribution in [0.3, 0.4) is 0 Å². The molecule has 1 heterocycles. The van der Waals surface area contributed by atoms with Gasteiger partial charge in [-0.3, -0.25) is 0 Å². The first kappa shape index (κ1) is 13.8. The van der Waals surface area contributed by atoms with E-state index in [-0.39, 0.29) is 17.7 Å². The summed E-state index contributed by atoms with van der Waals surface area (Å²) in [6.07, 6.45) is -4.98. The van der Waals surface area contributed by atoms with Crippen LogP contribution < -0.4 is 5.32 Å². The number of allylic oxidation sites excluding steroid dienone is 2. The summed E-state index contributed by atoms with van der Waals surface area (Å²) in [5, 5.41) is 12.1. The Bertz CT molecular complexity index is 322. The Morgan fingerprint density at radius 2 is 1.94 bits per heavy atom. The van der Waals surface area contributed by atoms with Gasteiger partial charge in [-0.15, -0.1) is 0 Å². The Hall–Kier alpha value is -1.22. The van der Waals surface area contributed by atoms with Crippen molar-refractivity contribution in [2.45, 2.75) is 25.9 Å². The second kappa shape index (κ2) is 5.92. The summed E-state index contributed by atoms with van der Waals surface area (Å²) in [6, 6.07) is 1.92. The highest BCUT2D eigenvalue weighted by atomic mass is 19.4. The molecule has 0 aromatic rings. The van der Waals surface area contributed by atoms with Gasteiger partial charge in [-0.2, -0.15) is 18.4 Å². The minimum Gasteiger partial charge on any atom is -0.361 e. The number of nitrogens with zero attached hydrogens (tertiary/aromatic N) is 2. The second-order valence-electron chi connectivity index (χ2n) is 3.95. The third-order valence-corrected chi connectivity index (χ3v) is 2.71. The van der Waals surface area contributed by atoms with E-state index in [1.54, 1.807) is 11.8 Å². The van der Waals surface area contributed by atoms with Crippen LogP contribution in [0.2, 0.25) is 0 Å². The van der Waals surface area contributed by atoms with Crippen LogP contribution in [0.1, 0.15) is 19.8 Å². The normalized spacial score (nSPS) is 18.6. The molecule has 0 aromatic heterocycles. The fraction of sp³-hybridized carbons (Fsp3) is 0.727. The summed E-state index contributed by atoms with van der Waals surface area (Å²) in [4.78, 5) is 1.74. The van der Waals surface area contributed by atoms with E-state index < -0.39 is 12.6 Å². The molecule has 0 spiro atoms. The van der Waals surface area contributed by atoms with Crippen LogP contribution in [-0.4, -0.2) is 37.3 Å². The van der Waals surface area contributed by atoms with E-state index in [0.29, 0.717) is 26.2 Å². The zero-order valence-corrected chi connectivity index (χ0v) is 9.77. The molecule has 17 heavy (non-hydrogen) atoms. The first-order chi connectivity index (χ1) is 7.98. The SMILES string of the molecule is CCC(CC(F)(F)F)=C(C#N)N1CCNCC1. The fourth-order valence-corrected chi connectivity index (χ4v) is 1.88. The number of nitrogens with one attached hydrogen (secondary N) is 1. The molecule has 1 aliphatic heterocycles. The van der Waals surface area contributed by atoms with Crippen molar-refractivity contribution in [2.24, 2.45) is 0 Å². The van der Waals surface area contributed by atoms with Gasteiger partial charge in [0, 0.05) is 26.2 Å². The largest absolute Gasteiger partial charge is 0.392 e. The lowest BCUT2D eigenvalue weighted by molar-refractivity contribution is -0.127. The van der Waals surface area contributed by atoms with Gasteiger partial charge in [0.1, 0.15) is 11.8 Å². The molecule has 1 fully saturated rings. The van der Waals surface area contributed by atoms with E-state index in [1.807, 2.05) is 6.07 Å². The summed E-state index contributed by atoms with van der Waals surface area (Å²) in [6.45, 7) is 4.23. The quantitative estimate of drug-likeness (QED) is 0.776. The molecular weight excluding hydrogens is 231 g/mol. The van der Waals surface area contributed by atoms with Crippen LogP contribution in [0.15, 0.2) is 11.3 Å². The molecule has 0 amide bonds. The first-order valence-corrected chi connectivity index (χ1v) is 5.62. The average Bonchev–Trinajstić information content (AvgIpc) is 2.28. The third-order valence-electron chi connectivity index (χ3n) is 2.71. The molecule has 3 nitrogen and oxygen atoms in total. The molecule has 0 radical (unpaired) electrons. The smallest absolute Gasteiger partial charge is 0.361 e. The maximum Gasteiger partial charge on any atom is 0.392 e. The van der Waals surface area contributed by atoms with Gasteiger partial charge < -0.3 is 10.2 Å². The minimum absolute atomic E-state index is 0.182. The van der Waals surface area contributed by atoms with Crippen LogP contribution in [0, 0.1) is 11.3 Å². The first-order valence-electron chi connectivity index (χ1n) is 5.62. The van der Waals surface area contributed by atoms with Gasteiger partial charge >= 0.3 is 6.18 Å². The summed E-state index contributed by atoms with van der Waals surface area (Å²) < 4.78 is 37.1. The standard InChI is InChI=1S/C11H16F3N3/c1-2-9(7-11(12,13)14)10(8-15)17-5-3-16-4-6-17/h16H,2-7H2,1H3. The van der Waals surface area contributed by atoms with Crippen LogP contribution in [0.25, 0.3) is 0 Å². The van der Waals surface area contributed by atoms with Crippen LogP contribution in [0.5, 0.6) is 0 Å². The Balaban J connectivity index is 2.89. The number of halogens is 3. The van der Waals surface area contributed by atoms with Gasteiger partial charge in [-0.25, -0.2) is 0 Å². The van der Waals surface area contributed by atoms with Crippen LogP contribution in [-0.2, 0) is 0 Å². The molecule has 1 saturated heterocycles. The van der Waals surface area contributed by atoms with E-state index in [9.17, 15) is 13.2 Å². The van der Waals surface area contributed by atoms with Gasteiger partial charge in [-0.05, 0) is 12.0 Å². The Labute approximate surface area is 98.9 Å². The molecule has 1 rings (SSSR count). The zero-order valence-electron chi connectivity index (χ0n) is 9.77. The highest BCUT2D eigenvalue weighted by molar-refractivity contribution is 5.27. The molecule has 1 aliphatic rings. The molecule has 0 aliphatic carbocycles. The number of rotatable bonds is 3. The Morgan fingerprint density at radius 1 is 1.35 bits per heavy atom. The third kappa shape index (κ3) is 4.27. The lowest BCUT2D eigenvalue weighted by Gasteiger charge is -2.30. The monoisotopic (exact) mass is 247 g/mol. The van der Waals surface area contributed by atoms with E-state index in [1.165, 1.54) is 0 Å². The van der Waals surface area contributed by atoms with Crippen molar-refractivity contribution in [1.82, 2.24) is 10.2 Å². The van der Waals surface area contributed by atoms with E-state index in [0.717, 1.165) is 0 Å². The van der Waals surface area contributed by atoms with Gasteiger partial charge in [-0.1, -0.05) is 6.92 Å². The van der Waals surface area contributed by atoms with Gasteiger partial charge in [0.05, 0.1) is 6.42 Å². The highest BCUT2D eigenvalue weighted by Gasteiger charge is 2.30. The van der Waals surface area contributed by atoms with Gasteiger partial charge in [0.25, 0.3) is 0 Å². The van der Waals surface area contributed by atoms with E-state index in [2.05, 4.69) is 5.32 Å². The lowest BCUT2D eigenvalue weighted by atomic mass is 10.1. The number of alkyl halides is 3. The molecule has 96 valence electrons. The van der Waals surface area contributed by atoms with E-state index in [4.69, 9.17) is 5.26 Å². The molecule has 0 aromatic carbocycles. The number of hydrogen-bond donors (Lipinski definition) is 1. The number of nitriles is 1. The molecular formula is C11H16F3N3. The zero-order chi connectivity index (χ0) is 12.9. The summed E-state index contributed by atoms with van der Waals surface area (Å²) in [5.41, 5.74) is 0.383. The van der Waals surface area contributed by atoms with Gasteiger partial charge in [0.15, 0.2) is 0 Å². The fourth-order valence-electron chi connectivity index (χ4n) is 1.88. The molecule has 0 atom stereocenters. The molecule has 0 bridgehead atoms. The topological polar surface area (TPSA) is 39.1 Å². The predicted octanol–water partition coefficient (Wildman–Crippen LogP) is 2.03. The van der Waals surface area contributed by atoms with Crippen molar-refractivity contribution in [3.05, 3.63) is 11.3 Å². The average molecular weight is 247 g/mol. The molecule has 0 unspecified atom stereocenters. The summed E-state index contributed by atoms with van der Waals surface area (Å²) in [5.74, 6) is 0. The number of hydrogen-bond acceptors (Lipinski definition) is 3. The summed E-state index contributed by atoms with van der Waals surface area (Å²) in [7, 11) is 0.